The third-order valence-electron chi connectivity index (χ3n) is 6.58. The Kier molecular flexibility index (Phi) is 4.95. The van der Waals surface area contributed by atoms with Gasteiger partial charge in [0.25, 0.3) is 5.91 Å². The molecule has 0 spiro atoms. The molecule has 6 nitrogen and oxygen atoms in total. The monoisotopic (exact) mass is 405 g/mol. The van der Waals surface area contributed by atoms with Crippen molar-refractivity contribution in [2.45, 2.75) is 32.9 Å². The van der Waals surface area contributed by atoms with Crippen molar-refractivity contribution in [3.05, 3.63) is 77.1 Å². The van der Waals surface area contributed by atoms with E-state index in [4.69, 9.17) is 8.94 Å². The molecule has 30 heavy (non-hydrogen) atoms. The Morgan fingerprint density at radius 1 is 1.13 bits per heavy atom. The van der Waals surface area contributed by atoms with E-state index in [0.717, 1.165) is 37.6 Å². The van der Waals surface area contributed by atoms with Crippen LogP contribution >= 0.6 is 0 Å². The van der Waals surface area contributed by atoms with E-state index in [1.165, 1.54) is 5.56 Å². The van der Waals surface area contributed by atoms with Gasteiger partial charge in [-0.15, -0.1) is 0 Å². The van der Waals surface area contributed by atoms with Crippen molar-refractivity contribution in [2.75, 3.05) is 19.6 Å². The fourth-order valence-corrected chi connectivity index (χ4v) is 5.25. The summed E-state index contributed by atoms with van der Waals surface area (Å²) in [6.07, 6.45) is 2.41. The van der Waals surface area contributed by atoms with Crippen LogP contribution in [0.25, 0.3) is 0 Å². The SMILES string of the molecule is CCc1noc(C)c1C(=O)N1C[C@@H]2CN(Cc3ccco3)C[C@@H]2[C@H]1c1ccccc1. The van der Waals surface area contributed by atoms with Gasteiger partial charge in [-0.3, -0.25) is 9.69 Å². The van der Waals surface area contributed by atoms with Gasteiger partial charge >= 0.3 is 0 Å². The summed E-state index contributed by atoms with van der Waals surface area (Å²) < 4.78 is 10.9. The predicted molar refractivity (Wildman–Crippen MR) is 112 cm³/mol. The van der Waals surface area contributed by atoms with Crippen LogP contribution in [0, 0.1) is 18.8 Å². The molecule has 2 aliphatic rings. The highest BCUT2D eigenvalue weighted by atomic mass is 16.5. The van der Waals surface area contributed by atoms with E-state index in [1.807, 2.05) is 32.0 Å². The Bertz CT molecular complexity index is 1010. The van der Waals surface area contributed by atoms with Gasteiger partial charge in [0.1, 0.15) is 17.1 Å². The standard InChI is InChI=1S/C24H27N3O3/c1-3-21-22(16(2)30-25-21)24(28)27-13-18-12-26(14-19-10-7-11-29-19)15-20(18)23(27)17-8-5-4-6-9-17/h4-11,18,20,23H,3,12-15H2,1-2H3/t18-,20-,23+/m0/s1. The number of carbonyl (C=O) groups excluding carboxylic acids is 1. The van der Waals surface area contributed by atoms with Crippen LogP contribution in [0.15, 0.2) is 57.7 Å². The first-order valence-corrected chi connectivity index (χ1v) is 10.7. The molecule has 0 aliphatic carbocycles. The molecule has 0 radical (unpaired) electrons. The third kappa shape index (κ3) is 3.25. The number of amides is 1. The summed E-state index contributed by atoms with van der Waals surface area (Å²) in [6, 6.07) is 14.5. The Labute approximate surface area is 176 Å². The minimum absolute atomic E-state index is 0.0476. The summed E-state index contributed by atoms with van der Waals surface area (Å²) in [4.78, 5) is 18.2. The largest absolute Gasteiger partial charge is 0.468 e. The molecule has 5 rings (SSSR count). The highest BCUT2D eigenvalue weighted by molar-refractivity contribution is 5.96. The predicted octanol–water partition coefficient (Wildman–Crippen LogP) is 4.08. The van der Waals surface area contributed by atoms with Crippen LogP contribution in [-0.2, 0) is 13.0 Å². The average molecular weight is 405 g/mol. The molecule has 0 bridgehead atoms. The molecule has 2 aliphatic heterocycles. The maximum atomic E-state index is 13.7. The Balaban J connectivity index is 1.44. The minimum Gasteiger partial charge on any atom is -0.468 e. The molecule has 4 heterocycles. The van der Waals surface area contributed by atoms with Crippen LogP contribution in [0.4, 0.5) is 0 Å². The highest BCUT2D eigenvalue weighted by Gasteiger charge is 2.49. The van der Waals surface area contributed by atoms with Gasteiger partial charge in [-0.25, -0.2) is 0 Å². The normalized spacial score (nSPS) is 23.8. The summed E-state index contributed by atoms with van der Waals surface area (Å²) in [5.74, 6) is 2.49. The van der Waals surface area contributed by atoms with E-state index in [0.29, 0.717) is 29.6 Å². The van der Waals surface area contributed by atoms with Gasteiger partial charge in [0, 0.05) is 25.6 Å². The summed E-state index contributed by atoms with van der Waals surface area (Å²) in [5.41, 5.74) is 2.59. The molecule has 3 atom stereocenters. The van der Waals surface area contributed by atoms with Gasteiger partial charge in [0.2, 0.25) is 0 Å². The first-order valence-electron chi connectivity index (χ1n) is 10.7. The summed E-state index contributed by atoms with van der Waals surface area (Å²) in [7, 11) is 0. The molecule has 3 aromatic rings. The van der Waals surface area contributed by atoms with Crippen LogP contribution in [0.1, 0.15) is 46.1 Å². The summed E-state index contributed by atoms with van der Waals surface area (Å²) >= 11 is 0. The van der Waals surface area contributed by atoms with Gasteiger partial charge in [0.05, 0.1) is 24.5 Å². The van der Waals surface area contributed by atoms with Crippen molar-refractivity contribution >= 4 is 5.91 Å². The number of fused-ring (bicyclic) bond motifs is 1. The van der Waals surface area contributed by atoms with Crippen molar-refractivity contribution in [2.24, 2.45) is 11.8 Å². The van der Waals surface area contributed by atoms with Gasteiger partial charge in [0.15, 0.2) is 0 Å². The minimum atomic E-state index is 0.0476. The lowest BCUT2D eigenvalue weighted by atomic mass is 9.89. The Morgan fingerprint density at radius 2 is 1.97 bits per heavy atom. The third-order valence-corrected chi connectivity index (χ3v) is 6.58. The lowest BCUT2D eigenvalue weighted by Gasteiger charge is -2.30. The molecular formula is C24H27N3O3. The maximum Gasteiger partial charge on any atom is 0.259 e. The topological polar surface area (TPSA) is 62.7 Å². The van der Waals surface area contributed by atoms with Crippen molar-refractivity contribution < 1.29 is 13.7 Å². The van der Waals surface area contributed by atoms with Crippen molar-refractivity contribution in [3.8, 4) is 0 Å². The molecule has 2 aromatic heterocycles. The molecule has 156 valence electrons. The second-order valence-electron chi connectivity index (χ2n) is 8.42. The zero-order chi connectivity index (χ0) is 20.7. The van der Waals surface area contributed by atoms with Crippen molar-refractivity contribution in [1.82, 2.24) is 15.0 Å². The van der Waals surface area contributed by atoms with E-state index in [-0.39, 0.29) is 11.9 Å². The van der Waals surface area contributed by atoms with Crippen LogP contribution in [0.3, 0.4) is 0 Å². The quantitative estimate of drug-likeness (QED) is 0.640. The number of aromatic nitrogens is 1. The van der Waals surface area contributed by atoms with Crippen molar-refractivity contribution in [1.29, 1.82) is 0 Å². The van der Waals surface area contributed by atoms with Crippen molar-refractivity contribution in [3.63, 3.8) is 0 Å². The molecule has 0 unspecified atom stereocenters. The second kappa shape index (κ2) is 7.76. The first kappa shape index (κ1) is 19.1. The van der Waals surface area contributed by atoms with E-state index < -0.39 is 0 Å². The maximum absolute atomic E-state index is 13.7. The Morgan fingerprint density at radius 3 is 2.70 bits per heavy atom. The van der Waals surface area contributed by atoms with E-state index in [2.05, 4.69) is 39.2 Å². The number of aryl methyl sites for hydroxylation is 2. The lowest BCUT2D eigenvalue weighted by Crippen LogP contribution is -2.36. The number of nitrogens with zero attached hydrogens (tertiary/aromatic N) is 3. The molecule has 2 saturated heterocycles. The van der Waals surface area contributed by atoms with Crippen LogP contribution < -0.4 is 0 Å². The van der Waals surface area contributed by atoms with Crippen LogP contribution in [-0.4, -0.2) is 40.5 Å². The number of furan rings is 1. The first-order chi connectivity index (χ1) is 14.7. The fourth-order valence-electron chi connectivity index (χ4n) is 5.25. The molecule has 6 heteroatoms. The number of carbonyl (C=O) groups is 1. The van der Waals surface area contributed by atoms with E-state index in [9.17, 15) is 4.79 Å². The van der Waals surface area contributed by atoms with Gasteiger partial charge < -0.3 is 13.8 Å². The summed E-state index contributed by atoms with van der Waals surface area (Å²) in [6.45, 7) is 7.35. The van der Waals surface area contributed by atoms with Gasteiger partial charge in [-0.2, -0.15) is 0 Å². The zero-order valence-corrected chi connectivity index (χ0v) is 17.5. The van der Waals surface area contributed by atoms with Gasteiger partial charge in [-0.05, 0) is 37.0 Å². The molecule has 2 fully saturated rings. The smallest absolute Gasteiger partial charge is 0.259 e. The number of hydrogen-bond acceptors (Lipinski definition) is 5. The lowest BCUT2D eigenvalue weighted by molar-refractivity contribution is 0.0696. The zero-order valence-electron chi connectivity index (χ0n) is 17.5. The highest BCUT2D eigenvalue weighted by Crippen LogP contribution is 2.46. The second-order valence-corrected chi connectivity index (χ2v) is 8.42. The number of benzene rings is 1. The van der Waals surface area contributed by atoms with Gasteiger partial charge in [-0.1, -0.05) is 42.4 Å². The number of likely N-dealkylation sites (tertiary alicyclic amines) is 2. The number of rotatable bonds is 5. The van der Waals surface area contributed by atoms with Crippen LogP contribution in [0.5, 0.6) is 0 Å². The molecule has 0 saturated carbocycles. The molecular weight excluding hydrogens is 378 g/mol. The van der Waals surface area contributed by atoms with E-state index >= 15 is 0 Å². The fraction of sp³-hybridized carbons (Fsp3) is 0.417. The molecule has 0 N–H and O–H groups in total. The number of hydrogen-bond donors (Lipinski definition) is 0. The Hall–Kier alpha value is -2.86. The molecule has 1 aromatic carbocycles. The van der Waals surface area contributed by atoms with E-state index in [1.54, 1.807) is 6.26 Å². The summed E-state index contributed by atoms with van der Waals surface area (Å²) in [5, 5.41) is 4.11. The average Bonchev–Trinajstić information content (AvgIpc) is 3.52. The van der Waals surface area contributed by atoms with Crippen LogP contribution in [0.2, 0.25) is 0 Å². The molecule has 1 amide bonds.